The highest BCUT2D eigenvalue weighted by Gasteiger charge is 2.43. The molecular formula is C13H16O3S. The maximum atomic E-state index is 12.2. The van der Waals surface area contributed by atoms with Gasteiger partial charge < -0.3 is 0 Å². The van der Waals surface area contributed by atoms with Gasteiger partial charge in [0.15, 0.2) is 15.6 Å². The van der Waals surface area contributed by atoms with Crippen LogP contribution in [0.15, 0.2) is 29.2 Å². The van der Waals surface area contributed by atoms with Crippen molar-refractivity contribution in [1.82, 2.24) is 0 Å². The van der Waals surface area contributed by atoms with Crippen LogP contribution in [0.2, 0.25) is 0 Å². The van der Waals surface area contributed by atoms with E-state index in [9.17, 15) is 13.2 Å². The van der Waals surface area contributed by atoms with E-state index >= 15 is 0 Å². The lowest BCUT2D eigenvalue weighted by Crippen LogP contribution is -2.23. The summed E-state index contributed by atoms with van der Waals surface area (Å²) in [5.74, 6) is 0.169. The molecule has 1 unspecified atom stereocenters. The Labute approximate surface area is 102 Å². The summed E-state index contributed by atoms with van der Waals surface area (Å²) in [4.78, 5) is 12.3. The molecule has 1 aliphatic heterocycles. The first kappa shape index (κ1) is 12.3. The first-order valence-corrected chi connectivity index (χ1v) is 7.36. The molecule has 92 valence electrons. The maximum absolute atomic E-state index is 12.2. The van der Waals surface area contributed by atoms with Crippen LogP contribution >= 0.6 is 0 Å². The summed E-state index contributed by atoms with van der Waals surface area (Å²) in [5, 5.41) is -0.859. The zero-order valence-electron chi connectivity index (χ0n) is 10.0. The van der Waals surface area contributed by atoms with E-state index in [2.05, 4.69) is 0 Å². The third kappa shape index (κ3) is 2.02. The van der Waals surface area contributed by atoms with Crippen molar-refractivity contribution >= 4 is 15.6 Å². The second-order valence-electron chi connectivity index (χ2n) is 4.87. The monoisotopic (exact) mass is 252 g/mol. The predicted octanol–water partition coefficient (Wildman–Crippen LogP) is 2.46. The molecule has 0 N–H and O–H groups in total. The van der Waals surface area contributed by atoms with E-state index in [-0.39, 0.29) is 10.7 Å². The summed E-state index contributed by atoms with van der Waals surface area (Å²) in [7, 11) is -3.44. The Kier molecular flexibility index (Phi) is 3.08. The van der Waals surface area contributed by atoms with E-state index < -0.39 is 15.1 Å². The summed E-state index contributed by atoms with van der Waals surface area (Å²) in [6.07, 6.45) is 1.18. The van der Waals surface area contributed by atoms with E-state index in [1.54, 1.807) is 18.2 Å². The highest BCUT2D eigenvalue weighted by molar-refractivity contribution is 7.93. The molecule has 1 aromatic carbocycles. The average Bonchev–Trinajstić information content (AvgIpc) is 2.46. The van der Waals surface area contributed by atoms with Gasteiger partial charge >= 0.3 is 0 Å². The van der Waals surface area contributed by atoms with Crippen LogP contribution < -0.4 is 0 Å². The van der Waals surface area contributed by atoms with Gasteiger partial charge in [0.1, 0.15) is 5.25 Å². The van der Waals surface area contributed by atoms with Crippen LogP contribution in [-0.2, 0) is 9.84 Å². The SMILES string of the molecule is CC(C)CCC1C(=O)c2ccccc2S1(=O)=O. The first-order chi connectivity index (χ1) is 7.94. The van der Waals surface area contributed by atoms with Gasteiger partial charge in [-0.2, -0.15) is 0 Å². The Morgan fingerprint density at radius 3 is 2.47 bits per heavy atom. The van der Waals surface area contributed by atoms with Crippen LogP contribution in [0.4, 0.5) is 0 Å². The lowest BCUT2D eigenvalue weighted by atomic mass is 10.0. The lowest BCUT2D eigenvalue weighted by Gasteiger charge is -2.09. The molecule has 0 amide bonds. The zero-order valence-corrected chi connectivity index (χ0v) is 10.8. The Morgan fingerprint density at radius 2 is 1.88 bits per heavy atom. The lowest BCUT2D eigenvalue weighted by molar-refractivity contribution is 0.0985. The van der Waals surface area contributed by atoms with Gasteiger partial charge in [0.2, 0.25) is 0 Å². The summed E-state index contributed by atoms with van der Waals surface area (Å²) in [6, 6.07) is 6.49. The van der Waals surface area contributed by atoms with Gasteiger partial charge in [0.05, 0.1) is 4.90 Å². The van der Waals surface area contributed by atoms with Gasteiger partial charge in [0, 0.05) is 5.56 Å². The number of sulfone groups is 1. The van der Waals surface area contributed by atoms with E-state index in [4.69, 9.17) is 0 Å². The molecule has 1 heterocycles. The number of hydrogen-bond acceptors (Lipinski definition) is 3. The van der Waals surface area contributed by atoms with Crippen molar-refractivity contribution < 1.29 is 13.2 Å². The quantitative estimate of drug-likeness (QED) is 0.830. The van der Waals surface area contributed by atoms with Crippen LogP contribution in [0.1, 0.15) is 37.0 Å². The van der Waals surface area contributed by atoms with Gasteiger partial charge in [-0.15, -0.1) is 0 Å². The molecule has 0 aliphatic carbocycles. The largest absolute Gasteiger partial charge is 0.293 e. The highest BCUT2D eigenvalue weighted by atomic mass is 32.2. The molecule has 1 aromatic rings. The molecule has 1 aliphatic rings. The fourth-order valence-corrected chi connectivity index (χ4v) is 4.06. The van der Waals surface area contributed by atoms with Crippen molar-refractivity contribution in [2.45, 2.75) is 36.8 Å². The number of Topliss-reactive ketones (excluding diaryl/α,β-unsaturated/α-hetero) is 1. The minimum Gasteiger partial charge on any atom is -0.293 e. The molecule has 0 aromatic heterocycles. The van der Waals surface area contributed by atoms with Crippen molar-refractivity contribution in [3.8, 4) is 0 Å². The summed E-state index contributed by atoms with van der Waals surface area (Å²) in [6.45, 7) is 4.05. The predicted molar refractivity (Wildman–Crippen MR) is 65.8 cm³/mol. The molecule has 3 nitrogen and oxygen atoms in total. The smallest absolute Gasteiger partial charge is 0.189 e. The average molecular weight is 252 g/mol. The van der Waals surface area contributed by atoms with Crippen molar-refractivity contribution in [1.29, 1.82) is 0 Å². The number of carbonyl (C=O) groups excluding carboxylic acids is 1. The summed E-state index contributed by atoms with van der Waals surface area (Å²) >= 11 is 0. The molecular weight excluding hydrogens is 236 g/mol. The molecule has 0 radical (unpaired) electrons. The third-order valence-corrected chi connectivity index (χ3v) is 5.30. The summed E-state index contributed by atoms with van der Waals surface area (Å²) < 4.78 is 24.4. The van der Waals surface area contributed by atoms with Gasteiger partial charge in [-0.1, -0.05) is 32.0 Å². The Bertz CT molecular complexity index is 544. The van der Waals surface area contributed by atoms with E-state index in [0.717, 1.165) is 6.42 Å². The Hall–Kier alpha value is -1.16. The number of carbonyl (C=O) groups is 1. The first-order valence-electron chi connectivity index (χ1n) is 5.81. The van der Waals surface area contributed by atoms with Crippen LogP contribution in [0.3, 0.4) is 0 Å². The topological polar surface area (TPSA) is 51.2 Å². The van der Waals surface area contributed by atoms with E-state index in [0.29, 0.717) is 17.9 Å². The molecule has 1 atom stereocenters. The van der Waals surface area contributed by atoms with Crippen molar-refractivity contribution in [2.75, 3.05) is 0 Å². The third-order valence-electron chi connectivity index (χ3n) is 3.13. The molecule has 17 heavy (non-hydrogen) atoms. The van der Waals surface area contributed by atoms with Gasteiger partial charge in [-0.05, 0) is 24.8 Å². The number of hydrogen-bond donors (Lipinski definition) is 0. The van der Waals surface area contributed by atoms with Gasteiger partial charge in [-0.25, -0.2) is 8.42 Å². The molecule has 4 heteroatoms. The zero-order chi connectivity index (χ0) is 12.6. The Balaban J connectivity index is 2.38. The maximum Gasteiger partial charge on any atom is 0.189 e. The van der Waals surface area contributed by atoms with Crippen LogP contribution in [-0.4, -0.2) is 19.5 Å². The fourth-order valence-electron chi connectivity index (χ4n) is 2.16. The standard InChI is InChI=1S/C13H16O3S/c1-9(2)7-8-12-13(14)10-5-3-4-6-11(10)17(12,15)16/h3-6,9,12H,7-8H2,1-2H3. The van der Waals surface area contributed by atoms with Crippen molar-refractivity contribution in [2.24, 2.45) is 5.92 Å². The van der Waals surface area contributed by atoms with Crippen molar-refractivity contribution in [3.05, 3.63) is 29.8 Å². The highest BCUT2D eigenvalue weighted by Crippen LogP contribution is 2.33. The van der Waals surface area contributed by atoms with Crippen LogP contribution in [0, 0.1) is 5.92 Å². The number of fused-ring (bicyclic) bond motifs is 1. The normalized spacial score (nSPS) is 21.8. The Morgan fingerprint density at radius 1 is 1.24 bits per heavy atom. The molecule has 2 rings (SSSR count). The molecule has 0 fully saturated rings. The minimum absolute atomic E-state index is 0.207. The fraction of sp³-hybridized carbons (Fsp3) is 0.462. The van der Waals surface area contributed by atoms with Crippen molar-refractivity contribution in [3.63, 3.8) is 0 Å². The number of benzene rings is 1. The molecule has 0 saturated carbocycles. The second-order valence-corrected chi connectivity index (χ2v) is 6.96. The number of ketones is 1. The van der Waals surface area contributed by atoms with E-state index in [1.807, 2.05) is 13.8 Å². The van der Waals surface area contributed by atoms with Gasteiger partial charge in [-0.3, -0.25) is 4.79 Å². The van der Waals surface area contributed by atoms with E-state index in [1.165, 1.54) is 6.07 Å². The minimum atomic E-state index is -3.44. The number of rotatable bonds is 3. The van der Waals surface area contributed by atoms with Gasteiger partial charge in [0.25, 0.3) is 0 Å². The molecule has 0 bridgehead atoms. The second kappa shape index (κ2) is 4.26. The molecule has 0 saturated heterocycles. The van der Waals surface area contributed by atoms with Crippen LogP contribution in [0.25, 0.3) is 0 Å². The molecule has 0 spiro atoms. The summed E-state index contributed by atoms with van der Waals surface area (Å²) in [5.41, 5.74) is 0.362. The van der Waals surface area contributed by atoms with Crippen LogP contribution in [0.5, 0.6) is 0 Å².